The van der Waals surface area contributed by atoms with E-state index in [0.717, 1.165) is 55.0 Å². The molecular weight excluding hydrogens is 717 g/mol. The number of esters is 2. The maximum absolute atomic E-state index is 12.6. The van der Waals surface area contributed by atoms with Crippen molar-refractivity contribution in [3.8, 4) is 34.1 Å². The highest BCUT2D eigenvalue weighted by atomic mass is 35.5. The Morgan fingerprint density at radius 1 is 0.580 bits per heavy atom. The molecule has 0 aliphatic carbocycles. The Balaban J connectivity index is 2.02. The largest absolute Gasteiger partial charge is 0.496 e. The highest BCUT2D eigenvalue weighted by Crippen LogP contribution is 2.45. The second-order valence-electron chi connectivity index (χ2n) is 11.3. The molecule has 12 heteroatoms. The first-order valence-corrected chi connectivity index (χ1v) is 18.7. The smallest absolute Gasteiger partial charge is 0.344 e. The Morgan fingerprint density at radius 2 is 0.920 bits per heavy atom. The lowest BCUT2D eigenvalue weighted by Gasteiger charge is -2.23. The van der Waals surface area contributed by atoms with Crippen molar-refractivity contribution in [3.05, 3.63) is 80.8 Å². The number of halogens is 2. The molecule has 8 nitrogen and oxygen atoms in total. The second-order valence-corrected chi connectivity index (χ2v) is 14.9. The van der Waals surface area contributed by atoms with Gasteiger partial charge in [0, 0.05) is 11.1 Å². The lowest BCUT2D eigenvalue weighted by atomic mass is 10.0. The lowest BCUT2D eigenvalue weighted by Crippen LogP contribution is -2.20. The van der Waals surface area contributed by atoms with Crippen LogP contribution in [0.4, 0.5) is 0 Å². The van der Waals surface area contributed by atoms with Gasteiger partial charge < -0.3 is 28.4 Å². The number of ether oxygens (including phenoxy) is 6. The molecule has 50 heavy (non-hydrogen) atoms. The first kappa shape index (κ1) is 39.2. The molecular formula is C38H42Cl2O8P2. The molecule has 0 saturated heterocycles. The van der Waals surface area contributed by atoms with Crippen LogP contribution in [-0.2, 0) is 19.1 Å². The Hall–Kier alpha value is -3.54. The predicted molar refractivity (Wildman–Crippen MR) is 206 cm³/mol. The fourth-order valence-electron chi connectivity index (χ4n) is 5.77. The first-order chi connectivity index (χ1) is 23.9. The SMILES string of the molecule is CCOC(=O)COc1c(Cl)ccc(Pc2cc(C)c(OC)c(C)c2)c1-c1c(Pc2cc(C)c(OC)c(C)c2)ccc(Cl)c1OCC(=O)OCC. The molecule has 0 amide bonds. The molecule has 0 spiro atoms. The molecule has 0 heterocycles. The third-order valence-corrected chi connectivity index (χ3v) is 10.8. The molecule has 0 aliphatic heterocycles. The Kier molecular flexibility index (Phi) is 14.2. The van der Waals surface area contributed by atoms with Crippen molar-refractivity contribution in [2.24, 2.45) is 0 Å². The van der Waals surface area contributed by atoms with Gasteiger partial charge in [0.2, 0.25) is 0 Å². The lowest BCUT2D eigenvalue weighted by molar-refractivity contribution is -0.146. The number of hydrogen-bond acceptors (Lipinski definition) is 8. The van der Waals surface area contributed by atoms with Crippen LogP contribution in [0, 0.1) is 27.7 Å². The minimum Gasteiger partial charge on any atom is -0.496 e. The minimum atomic E-state index is -0.542. The maximum Gasteiger partial charge on any atom is 0.344 e. The van der Waals surface area contributed by atoms with E-state index in [1.54, 1.807) is 40.2 Å². The average molecular weight is 760 g/mol. The van der Waals surface area contributed by atoms with Crippen LogP contribution in [0.1, 0.15) is 36.1 Å². The number of hydrogen-bond donors (Lipinski definition) is 0. The maximum atomic E-state index is 12.6. The van der Waals surface area contributed by atoms with Gasteiger partial charge in [0.15, 0.2) is 13.2 Å². The number of methoxy groups -OCH3 is 2. The molecule has 0 saturated carbocycles. The van der Waals surface area contributed by atoms with Gasteiger partial charge in [-0.3, -0.25) is 0 Å². The third kappa shape index (κ3) is 9.41. The van der Waals surface area contributed by atoms with E-state index in [1.165, 1.54) is 0 Å². The second kappa shape index (κ2) is 18.1. The third-order valence-electron chi connectivity index (χ3n) is 7.64. The minimum absolute atomic E-state index is 0.119. The average Bonchev–Trinajstić information content (AvgIpc) is 3.05. The van der Waals surface area contributed by atoms with Gasteiger partial charge in [-0.1, -0.05) is 52.5 Å². The van der Waals surface area contributed by atoms with Crippen LogP contribution in [0.25, 0.3) is 11.1 Å². The molecule has 0 bridgehead atoms. The van der Waals surface area contributed by atoms with Gasteiger partial charge in [-0.15, -0.1) is 0 Å². The molecule has 4 aromatic carbocycles. The van der Waals surface area contributed by atoms with E-state index in [0.29, 0.717) is 11.1 Å². The molecule has 0 radical (unpaired) electrons. The summed E-state index contributed by atoms with van der Waals surface area (Å²) >= 11 is 13.8. The van der Waals surface area contributed by atoms with E-state index in [-0.39, 0.29) is 65.1 Å². The summed E-state index contributed by atoms with van der Waals surface area (Å²) in [5.41, 5.74) is 5.18. The van der Waals surface area contributed by atoms with Crippen LogP contribution in [0.2, 0.25) is 10.0 Å². The highest BCUT2D eigenvalue weighted by Gasteiger charge is 2.26. The summed E-state index contributed by atoms with van der Waals surface area (Å²) in [4.78, 5) is 25.1. The summed E-state index contributed by atoms with van der Waals surface area (Å²) in [6.45, 7) is 11.1. The topological polar surface area (TPSA) is 89.5 Å². The van der Waals surface area contributed by atoms with Gasteiger partial charge >= 0.3 is 11.9 Å². The number of aryl methyl sites for hydroxylation is 4. The molecule has 0 aromatic heterocycles. The van der Waals surface area contributed by atoms with Crippen LogP contribution >= 0.6 is 40.4 Å². The molecule has 2 unspecified atom stereocenters. The van der Waals surface area contributed by atoms with Gasteiger partial charge in [-0.25, -0.2) is 9.59 Å². The molecule has 266 valence electrons. The van der Waals surface area contributed by atoms with E-state index in [4.69, 9.17) is 51.6 Å². The van der Waals surface area contributed by atoms with Crippen LogP contribution in [0.5, 0.6) is 23.0 Å². The first-order valence-electron chi connectivity index (χ1n) is 16.0. The summed E-state index contributed by atoms with van der Waals surface area (Å²) < 4.78 is 34.0. The zero-order valence-corrected chi connectivity index (χ0v) is 33.0. The summed E-state index contributed by atoms with van der Waals surface area (Å²) in [6.07, 6.45) is 0. The molecule has 0 aliphatic rings. The summed E-state index contributed by atoms with van der Waals surface area (Å²) in [6, 6.07) is 15.7. The van der Waals surface area contributed by atoms with E-state index in [2.05, 4.69) is 24.3 Å². The fourth-order valence-corrected chi connectivity index (χ4v) is 9.03. The fraction of sp³-hybridized carbons (Fsp3) is 0.316. The standard InChI is InChI=1S/C38H42Cl2O8P2/c1-9-45-31(41)19-47-37-27(39)11-13-29(49-25-15-21(3)35(43-7)22(4)16-25)33(37)34-30(50-26-17-23(5)36(44-8)24(6)18-26)14-12-28(40)38(34)48-20-32(42)46-10-2/h11-18,49-50H,9-10,19-20H2,1-8H3. The van der Waals surface area contributed by atoms with Gasteiger partial charge in [-0.05, 0) is 121 Å². The zero-order valence-electron chi connectivity index (χ0n) is 29.5. The summed E-state index contributed by atoms with van der Waals surface area (Å²) in [5, 5.41) is 4.36. The van der Waals surface area contributed by atoms with Gasteiger partial charge in [0.25, 0.3) is 0 Å². The van der Waals surface area contributed by atoms with E-state index >= 15 is 0 Å². The van der Waals surface area contributed by atoms with Crippen molar-refractivity contribution < 1.29 is 38.0 Å². The number of rotatable bonds is 15. The number of carbonyl (C=O) groups is 2. The van der Waals surface area contributed by atoms with Crippen molar-refractivity contribution in [2.75, 3.05) is 40.6 Å². The van der Waals surface area contributed by atoms with Crippen molar-refractivity contribution in [1.29, 1.82) is 0 Å². The van der Waals surface area contributed by atoms with Gasteiger partial charge in [-0.2, -0.15) is 0 Å². The molecule has 2 atom stereocenters. The molecule has 4 aromatic rings. The van der Waals surface area contributed by atoms with Gasteiger partial charge in [0.05, 0.1) is 37.5 Å². The van der Waals surface area contributed by atoms with E-state index in [1.807, 2.05) is 39.8 Å². The number of carbonyl (C=O) groups excluding carboxylic acids is 2. The van der Waals surface area contributed by atoms with Gasteiger partial charge in [0.1, 0.15) is 23.0 Å². The summed E-state index contributed by atoms with van der Waals surface area (Å²) in [7, 11) is 3.56. The van der Waals surface area contributed by atoms with Crippen LogP contribution < -0.4 is 40.2 Å². The molecule has 0 N–H and O–H groups in total. The summed E-state index contributed by atoms with van der Waals surface area (Å²) in [5.74, 6) is 1.10. The van der Waals surface area contributed by atoms with E-state index in [9.17, 15) is 9.59 Å². The van der Waals surface area contributed by atoms with Crippen molar-refractivity contribution in [1.82, 2.24) is 0 Å². The van der Waals surface area contributed by atoms with Crippen molar-refractivity contribution in [2.45, 2.75) is 41.5 Å². The highest BCUT2D eigenvalue weighted by molar-refractivity contribution is 7.56. The number of benzene rings is 4. The van der Waals surface area contributed by atoms with Crippen LogP contribution in [0.15, 0.2) is 48.5 Å². The Bertz CT molecular complexity index is 1700. The normalized spacial score (nSPS) is 11.3. The zero-order chi connectivity index (χ0) is 36.5. The Labute approximate surface area is 307 Å². The van der Waals surface area contributed by atoms with E-state index < -0.39 is 11.9 Å². The molecule has 4 rings (SSSR count). The van der Waals surface area contributed by atoms with Crippen molar-refractivity contribution in [3.63, 3.8) is 0 Å². The van der Waals surface area contributed by atoms with Crippen molar-refractivity contribution >= 4 is 73.5 Å². The van der Waals surface area contributed by atoms with Crippen LogP contribution in [0.3, 0.4) is 0 Å². The van der Waals surface area contributed by atoms with Crippen LogP contribution in [-0.4, -0.2) is 52.6 Å². The monoisotopic (exact) mass is 758 g/mol. The quantitative estimate of drug-likeness (QED) is 0.0942. The Morgan fingerprint density at radius 3 is 1.22 bits per heavy atom. The molecule has 0 fully saturated rings. The predicted octanol–water partition coefficient (Wildman–Crippen LogP) is 7.05.